The van der Waals surface area contributed by atoms with Gasteiger partial charge in [-0.25, -0.2) is 18.4 Å². The Hall–Kier alpha value is -2.58. The molecule has 3 N–H and O–H groups in total. The van der Waals surface area contributed by atoms with E-state index in [4.69, 9.17) is 9.88 Å². The second-order valence-corrected chi connectivity index (χ2v) is 7.34. The molecule has 0 radical (unpaired) electrons. The van der Waals surface area contributed by atoms with Crippen LogP contribution in [0, 0.1) is 0 Å². The number of carbonyl (C=O) groups is 1. The summed E-state index contributed by atoms with van der Waals surface area (Å²) in [6.07, 6.45) is 1.87. The van der Waals surface area contributed by atoms with Gasteiger partial charge in [0.25, 0.3) is 0 Å². The van der Waals surface area contributed by atoms with E-state index in [9.17, 15) is 18.3 Å². The van der Waals surface area contributed by atoms with Gasteiger partial charge in [-0.2, -0.15) is 0 Å². The van der Waals surface area contributed by atoms with Gasteiger partial charge in [-0.15, -0.1) is 0 Å². The summed E-state index contributed by atoms with van der Waals surface area (Å²) >= 11 is 0. The van der Waals surface area contributed by atoms with E-state index in [1.807, 2.05) is 11.0 Å². The van der Waals surface area contributed by atoms with Gasteiger partial charge < -0.3 is 14.7 Å². The highest BCUT2D eigenvalue weighted by Crippen LogP contribution is 2.39. The van der Waals surface area contributed by atoms with Crippen LogP contribution in [0.25, 0.3) is 0 Å². The van der Waals surface area contributed by atoms with Gasteiger partial charge in [-0.05, 0) is 37.1 Å². The molecule has 8 heteroatoms. The fraction of sp³-hybridized carbons (Fsp3) is 0.235. The van der Waals surface area contributed by atoms with E-state index in [0.29, 0.717) is 24.5 Å². The monoisotopic (exact) mass is 362 g/mol. The summed E-state index contributed by atoms with van der Waals surface area (Å²) in [5.41, 5.74) is 0.183. The first kappa shape index (κ1) is 17.2. The molecule has 132 valence electrons. The average molecular weight is 362 g/mol. The average Bonchev–Trinajstić information content (AvgIpc) is 3.09. The van der Waals surface area contributed by atoms with Crippen molar-refractivity contribution in [2.24, 2.45) is 5.14 Å². The van der Waals surface area contributed by atoms with E-state index in [1.165, 1.54) is 6.07 Å². The number of rotatable bonds is 5. The number of hydrogen-bond acceptors (Lipinski definition) is 5. The van der Waals surface area contributed by atoms with Gasteiger partial charge in [0.15, 0.2) is 5.75 Å². The lowest BCUT2D eigenvalue weighted by Crippen LogP contribution is -2.21. The van der Waals surface area contributed by atoms with Gasteiger partial charge in [-0.3, -0.25) is 0 Å². The molecule has 0 atom stereocenters. The van der Waals surface area contributed by atoms with E-state index in [-0.39, 0.29) is 16.2 Å². The fourth-order valence-electron chi connectivity index (χ4n) is 2.82. The largest absolute Gasteiger partial charge is 0.478 e. The standard InChI is InChI=1S/C17H18N2O5S/c18-25(22,23)13-10-14(17(20)21)16(24-12-6-2-1-3-7-12)15(11-13)19-8-4-5-9-19/h1-3,6-7,10-11H,4-5,8-9H2,(H,20,21)(H2,18,22,23). The maximum absolute atomic E-state index is 11.8. The molecule has 0 aliphatic carbocycles. The number of benzene rings is 2. The number of ether oxygens (including phenoxy) is 1. The van der Waals surface area contributed by atoms with E-state index in [2.05, 4.69) is 0 Å². The number of carboxylic acids is 1. The van der Waals surface area contributed by atoms with Crippen molar-refractivity contribution in [1.82, 2.24) is 0 Å². The van der Waals surface area contributed by atoms with Crippen molar-refractivity contribution in [3.63, 3.8) is 0 Å². The van der Waals surface area contributed by atoms with E-state index < -0.39 is 16.0 Å². The topological polar surface area (TPSA) is 110 Å². The predicted molar refractivity (Wildman–Crippen MR) is 92.7 cm³/mol. The number of sulfonamides is 1. The zero-order valence-corrected chi connectivity index (χ0v) is 14.2. The van der Waals surface area contributed by atoms with Crippen LogP contribution in [-0.4, -0.2) is 32.6 Å². The minimum absolute atomic E-state index is 0.119. The number of primary sulfonamides is 1. The van der Waals surface area contributed by atoms with Crippen molar-refractivity contribution in [3.05, 3.63) is 48.0 Å². The molecule has 0 aromatic heterocycles. The smallest absolute Gasteiger partial charge is 0.339 e. The van der Waals surface area contributed by atoms with E-state index in [1.54, 1.807) is 24.3 Å². The van der Waals surface area contributed by atoms with Crippen LogP contribution in [0.4, 0.5) is 5.69 Å². The summed E-state index contributed by atoms with van der Waals surface area (Å²) < 4.78 is 29.4. The third-order valence-electron chi connectivity index (χ3n) is 4.01. The summed E-state index contributed by atoms with van der Waals surface area (Å²) in [6, 6.07) is 11.2. The third-order valence-corrected chi connectivity index (χ3v) is 4.90. The van der Waals surface area contributed by atoms with Crippen molar-refractivity contribution >= 4 is 21.7 Å². The van der Waals surface area contributed by atoms with Gasteiger partial charge >= 0.3 is 5.97 Å². The SMILES string of the molecule is NS(=O)(=O)c1cc(C(=O)O)c(Oc2ccccc2)c(N2CCCC2)c1. The molecule has 3 rings (SSSR count). The van der Waals surface area contributed by atoms with Gasteiger partial charge in [-0.1, -0.05) is 18.2 Å². The molecule has 0 saturated carbocycles. The zero-order chi connectivity index (χ0) is 18.0. The lowest BCUT2D eigenvalue weighted by molar-refractivity contribution is 0.0694. The minimum Gasteiger partial charge on any atom is -0.478 e. The Bertz CT molecular complexity index is 891. The molecule has 2 aromatic rings. The van der Waals surface area contributed by atoms with E-state index >= 15 is 0 Å². The van der Waals surface area contributed by atoms with Crippen molar-refractivity contribution in [2.45, 2.75) is 17.7 Å². The molecular formula is C17H18N2O5S. The molecule has 2 aromatic carbocycles. The molecule has 0 unspecified atom stereocenters. The number of anilines is 1. The Morgan fingerprint density at radius 1 is 1.12 bits per heavy atom. The summed E-state index contributed by atoms with van der Waals surface area (Å²) in [5, 5.41) is 14.8. The molecule has 1 saturated heterocycles. The summed E-state index contributed by atoms with van der Waals surface area (Å²) in [5.74, 6) is -0.696. The molecular weight excluding hydrogens is 344 g/mol. The van der Waals surface area contributed by atoms with Gasteiger partial charge in [0.1, 0.15) is 11.3 Å². The molecule has 1 aliphatic rings. The Balaban J connectivity index is 2.20. The predicted octanol–water partition coefficient (Wildman–Crippen LogP) is 2.42. The Kier molecular flexibility index (Phi) is 4.65. The highest BCUT2D eigenvalue weighted by molar-refractivity contribution is 7.89. The summed E-state index contributed by atoms with van der Waals surface area (Å²) in [4.78, 5) is 13.4. The van der Waals surface area contributed by atoms with E-state index in [0.717, 1.165) is 18.9 Å². The quantitative estimate of drug-likeness (QED) is 0.845. The lowest BCUT2D eigenvalue weighted by Gasteiger charge is -2.23. The van der Waals surface area contributed by atoms with Gasteiger partial charge in [0.2, 0.25) is 10.0 Å². The molecule has 1 aliphatic heterocycles. The van der Waals surface area contributed by atoms with Crippen LogP contribution >= 0.6 is 0 Å². The highest BCUT2D eigenvalue weighted by Gasteiger charge is 2.26. The summed E-state index contributed by atoms with van der Waals surface area (Å²) in [6.45, 7) is 1.39. The van der Waals surface area contributed by atoms with Gasteiger partial charge in [0, 0.05) is 13.1 Å². The zero-order valence-electron chi connectivity index (χ0n) is 13.4. The minimum atomic E-state index is -4.05. The Labute approximate surface area is 145 Å². The van der Waals surface area contributed by atoms with Crippen LogP contribution in [0.15, 0.2) is 47.4 Å². The Morgan fingerprint density at radius 2 is 1.76 bits per heavy atom. The van der Waals surface area contributed by atoms with Crippen LogP contribution in [0.2, 0.25) is 0 Å². The van der Waals surface area contributed by atoms with Crippen LogP contribution in [0.1, 0.15) is 23.2 Å². The number of para-hydroxylation sites is 1. The fourth-order valence-corrected chi connectivity index (χ4v) is 3.38. The molecule has 1 fully saturated rings. The van der Waals surface area contributed by atoms with Crippen LogP contribution in [0.3, 0.4) is 0 Å². The number of aromatic carboxylic acids is 1. The second kappa shape index (κ2) is 6.73. The van der Waals surface area contributed by atoms with Gasteiger partial charge in [0.05, 0.1) is 10.6 Å². The molecule has 7 nitrogen and oxygen atoms in total. The highest BCUT2D eigenvalue weighted by atomic mass is 32.2. The summed E-state index contributed by atoms with van der Waals surface area (Å²) in [7, 11) is -4.05. The number of hydrogen-bond donors (Lipinski definition) is 2. The van der Waals surface area contributed by atoms with Crippen molar-refractivity contribution in [3.8, 4) is 11.5 Å². The number of nitrogens with zero attached hydrogens (tertiary/aromatic N) is 1. The first-order chi connectivity index (χ1) is 11.9. The Morgan fingerprint density at radius 3 is 2.32 bits per heavy atom. The number of nitrogens with two attached hydrogens (primary N) is 1. The van der Waals surface area contributed by atoms with Crippen LogP contribution in [0.5, 0.6) is 11.5 Å². The first-order valence-electron chi connectivity index (χ1n) is 7.78. The second-order valence-electron chi connectivity index (χ2n) is 5.78. The molecule has 0 bridgehead atoms. The number of carboxylic acid groups (broad SMARTS) is 1. The van der Waals surface area contributed by atoms with Crippen LogP contribution < -0.4 is 14.8 Å². The molecule has 0 amide bonds. The maximum atomic E-state index is 11.8. The van der Waals surface area contributed by atoms with Crippen molar-refractivity contribution in [1.29, 1.82) is 0 Å². The molecule has 25 heavy (non-hydrogen) atoms. The third kappa shape index (κ3) is 3.75. The first-order valence-corrected chi connectivity index (χ1v) is 9.33. The van der Waals surface area contributed by atoms with Crippen molar-refractivity contribution < 1.29 is 23.1 Å². The molecule has 1 heterocycles. The lowest BCUT2D eigenvalue weighted by atomic mass is 10.1. The van der Waals surface area contributed by atoms with Crippen LogP contribution in [-0.2, 0) is 10.0 Å². The maximum Gasteiger partial charge on any atom is 0.339 e. The van der Waals surface area contributed by atoms with Crippen molar-refractivity contribution in [2.75, 3.05) is 18.0 Å². The normalized spacial score (nSPS) is 14.5. The molecule has 0 spiro atoms.